The van der Waals surface area contributed by atoms with Crippen LogP contribution >= 0.6 is 11.6 Å². The van der Waals surface area contributed by atoms with E-state index in [1.807, 2.05) is 13.8 Å². The molecule has 0 saturated carbocycles. The molecule has 0 aliphatic rings. The normalized spacial score (nSPS) is 10.1. The standard InChI is InChI=1S/C18H18ClNO4/c1-3-20(4-2)18(22)24-16-8-6-5-7-15(16)23-17(21)13-9-11-14(19)12-10-13/h5-12H,3-4H2,1-2H3. The molecule has 0 fully saturated rings. The summed E-state index contributed by atoms with van der Waals surface area (Å²) >= 11 is 5.80. The lowest BCUT2D eigenvalue weighted by atomic mass is 10.2. The van der Waals surface area contributed by atoms with Gasteiger partial charge in [0.15, 0.2) is 11.5 Å². The highest BCUT2D eigenvalue weighted by Crippen LogP contribution is 2.28. The van der Waals surface area contributed by atoms with Crippen LogP contribution in [0.15, 0.2) is 48.5 Å². The van der Waals surface area contributed by atoms with Crippen LogP contribution in [0, 0.1) is 0 Å². The van der Waals surface area contributed by atoms with Crippen LogP contribution in [0.2, 0.25) is 5.02 Å². The number of hydrogen-bond acceptors (Lipinski definition) is 4. The fourth-order valence-electron chi connectivity index (χ4n) is 2.00. The van der Waals surface area contributed by atoms with Crippen LogP contribution < -0.4 is 9.47 Å². The van der Waals surface area contributed by atoms with Crippen LogP contribution in [0.1, 0.15) is 24.2 Å². The second kappa shape index (κ2) is 8.36. The van der Waals surface area contributed by atoms with Crippen molar-refractivity contribution in [3.05, 3.63) is 59.1 Å². The lowest BCUT2D eigenvalue weighted by Crippen LogP contribution is -2.33. The number of carbonyl (C=O) groups excluding carboxylic acids is 2. The Hall–Kier alpha value is -2.53. The van der Waals surface area contributed by atoms with Crippen molar-refractivity contribution in [2.45, 2.75) is 13.8 Å². The first-order valence-corrected chi connectivity index (χ1v) is 7.96. The zero-order valence-corrected chi connectivity index (χ0v) is 14.2. The summed E-state index contributed by atoms with van der Waals surface area (Å²) in [6.07, 6.45) is -0.491. The summed E-state index contributed by atoms with van der Waals surface area (Å²) in [5.74, 6) is -0.187. The number of benzene rings is 2. The molecule has 2 aromatic carbocycles. The molecule has 0 atom stereocenters. The van der Waals surface area contributed by atoms with E-state index in [0.29, 0.717) is 23.7 Å². The number of halogens is 1. The average Bonchev–Trinajstić information content (AvgIpc) is 2.58. The lowest BCUT2D eigenvalue weighted by molar-refractivity contribution is 0.0727. The van der Waals surface area contributed by atoms with E-state index in [1.165, 1.54) is 4.90 Å². The van der Waals surface area contributed by atoms with Gasteiger partial charge in [-0.25, -0.2) is 9.59 Å². The van der Waals surface area contributed by atoms with Gasteiger partial charge in [-0.2, -0.15) is 0 Å². The molecule has 5 nitrogen and oxygen atoms in total. The first-order chi connectivity index (χ1) is 11.5. The van der Waals surface area contributed by atoms with E-state index >= 15 is 0 Å². The molecular formula is C18H18ClNO4. The third-order valence-electron chi connectivity index (χ3n) is 3.35. The van der Waals surface area contributed by atoms with Gasteiger partial charge in [-0.3, -0.25) is 0 Å². The van der Waals surface area contributed by atoms with Crippen molar-refractivity contribution in [3.63, 3.8) is 0 Å². The first kappa shape index (κ1) is 17.8. The number of nitrogens with zero attached hydrogens (tertiary/aromatic N) is 1. The second-order valence-electron chi connectivity index (χ2n) is 4.88. The number of amides is 1. The van der Waals surface area contributed by atoms with Crippen molar-refractivity contribution < 1.29 is 19.1 Å². The molecule has 0 saturated heterocycles. The van der Waals surface area contributed by atoms with Gasteiger partial charge >= 0.3 is 12.1 Å². The molecule has 0 aliphatic carbocycles. The summed E-state index contributed by atoms with van der Waals surface area (Å²) in [6, 6.07) is 12.9. The highest BCUT2D eigenvalue weighted by atomic mass is 35.5. The minimum atomic E-state index is -0.557. The van der Waals surface area contributed by atoms with Gasteiger partial charge in [-0.1, -0.05) is 23.7 Å². The number of rotatable bonds is 5. The summed E-state index contributed by atoms with van der Waals surface area (Å²) in [4.78, 5) is 25.8. The Morgan fingerprint density at radius 1 is 0.917 bits per heavy atom. The van der Waals surface area contributed by atoms with Gasteiger partial charge < -0.3 is 14.4 Å². The molecule has 0 unspecified atom stereocenters. The van der Waals surface area contributed by atoms with E-state index in [2.05, 4.69) is 0 Å². The minimum Gasteiger partial charge on any atom is -0.419 e. The Balaban J connectivity index is 2.15. The Bertz CT molecular complexity index is 711. The van der Waals surface area contributed by atoms with E-state index in [-0.39, 0.29) is 11.5 Å². The SMILES string of the molecule is CCN(CC)C(=O)Oc1ccccc1OC(=O)c1ccc(Cl)cc1. The molecule has 126 valence electrons. The van der Waals surface area contributed by atoms with Gasteiger partial charge in [0, 0.05) is 18.1 Å². The summed E-state index contributed by atoms with van der Waals surface area (Å²) in [7, 11) is 0. The van der Waals surface area contributed by atoms with Crippen LogP contribution in [-0.4, -0.2) is 30.1 Å². The monoisotopic (exact) mass is 347 g/mol. The molecule has 0 bridgehead atoms. The number of carbonyl (C=O) groups is 2. The van der Waals surface area contributed by atoms with Gasteiger partial charge in [-0.15, -0.1) is 0 Å². The maximum absolute atomic E-state index is 12.2. The summed E-state index contributed by atoms with van der Waals surface area (Å²) in [6.45, 7) is 4.78. The zero-order valence-electron chi connectivity index (χ0n) is 13.5. The molecule has 0 heterocycles. The van der Waals surface area contributed by atoms with Gasteiger partial charge in [0.25, 0.3) is 0 Å². The molecule has 24 heavy (non-hydrogen) atoms. The van der Waals surface area contributed by atoms with Gasteiger partial charge in [0.05, 0.1) is 5.56 Å². The third kappa shape index (κ3) is 4.49. The Morgan fingerprint density at radius 3 is 2.00 bits per heavy atom. The average molecular weight is 348 g/mol. The molecule has 0 aliphatic heterocycles. The molecule has 1 amide bonds. The third-order valence-corrected chi connectivity index (χ3v) is 3.60. The molecule has 0 spiro atoms. The predicted octanol–water partition coefficient (Wildman–Crippen LogP) is 4.40. The minimum absolute atomic E-state index is 0.179. The first-order valence-electron chi connectivity index (χ1n) is 7.58. The summed E-state index contributed by atoms with van der Waals surface area (Å²) in [5.41, 5.74) is 0.351. The molecule has 2 rings (SSSR count). The molecule has 0 aromatic heterocycles. The topological polar surface area (TPSA) is 55.8 Å². The molecule has 6 heteroatoms. The number of esters is 1. The van der Waals surface area contributed by atoms with Crippen LogP contribution in [0.4, 0.5) is 4.79 Å². The summed E-state index contributed by atoms with van der Waals surface area (Å²) < 4.78 is 10.7. The lowest BCUT2D eigenvalue weighted by Gasteiger charge is -2.18. The van der Waals surface area contributed by atoms with Gasteiger partial charge in [0.2, 0.25) is 0 Å². The van der Waals surface area contributed by atoms with Gasteiger partial charge in [0.1, 0.15) is 0 Å². The van der Waals surface area contributed by atoms with E-state index < -0.39 is 12.1 Å². The number of para-hydroxylation sites is 2. The molecule has 0 N–H and O–H groups in total. The summed E-state index contributed by atoms with van der Waals surface area (Å²) in [5, 5.41) is 0.528. The fraction of sp³-hybridized carbons (Fsp3) is 0.222. The van der Waals surface area contributed by atoms with Crippen LogP contribution in [-0.2, 0) is 0 Å². The maximum Gasteiger partial charge on any atom is 0.415 e. The van der Waals surface area contributed by atoms with Gasteiger partial charge in [-0.05, 0) is 50.2 Å². The highest BCUT2D eigenvalue weighted by Gasteiger charge is 2.17. The largest absolute Gasteiger partial charge is 0.419 e. The van der Waals surface area contributed by atoms with Crippen molar-refractivity contribution in [1.29, 1.82) is 0 Å². The molecular weight excluding hydrogens is 330 g/mol. The molecule has 2 aromatic rings. The predicted molar refractivity (Wildman–Crippen MR) is 91.8 cm³/mol. The van der Waals surface area contributed by atoms with Crippen molar-refractivity contribution in [2.24, 2.45) is 0 Å². The smallest absolute Gasteiger partial charge is 0.415 e. The van der Waals surface area contributed by atoms with Crippen molar-refractivity contribution in [3.8, 4) is 11.5 Å². The van der Waals surface area contributed by atoms with Crippen molar-refractivity contribution in [2.75, 3.05) is 13.1 Å². The van der Waals surface area contributed by atoms with E-state index in [4.69, 9.17) is 21.1 Å². The van der Waals surface area contributed by atoms with Crippen LogP contribution in [0.25, 0.3) is 0 Å². The Kier molecular flexibility index (Phi) is 6.21. The van der Waals surface area contributed by atoms with Crippen molar-refractivity contribution in [1.82, 2.24) is 4.90 Å². The van der Waals surface area contributed by atoms with Crippen LogP contribution in [0.5, 0.6) is 11.5 Å². The quantitative estimate of drug-likeness (QED) is 0.594. The fourth-order valence-corrected chi connectivity index (χ4v) is 2.13. The zero-order chi connectivity index (χ0) is 17.5. The van der Waals surface area contributed by atoms with Crippen LogP contribution in [0.3, 0.4) is 0 Å². The van der Waals surface area contributed by atoms with Crippen molar-refractivity contribution >= 4 is 23.7 Å². The highest BCUT2D eigenvalue weighted by molar-refractivity contribution is 6.30. The Morgan fingerprint density at radius 2 is 1.46 bits per heavy atom. The molecule has 0 radical (unpaired) electrons. The van der Waals surface area contributed by atoms with E-state index in [0.717, 1.165) is 0 Å². The number of ether oxygens (including phenoxy) is 2. The van der Waals surface area contributed by atoms with E-state index in [1.54, 1.807) is 48.5 Å². The second-order valence-corrected chi connectivity index (χ2v) is 5.32. The van der Waals surface area contributed by atoms with E-state index in [9.17, 15) is 9.59 Å². The number of hydrogen-bond donors (Lipinski definition) is 0. The Labute approximate surface area is 145 Å². The maximum atomic E-state index is 12.2.